The molecule has 0 bridgehead atoms. The first-order valence-corrected chi connectivity index (χ1v) is 6.76. The van der Waals surface area contributed by atoms with Crippen LogP contribution in [0.25, 0.3) is 22.2 Å². The summed E-state index contributed by atoms with van der Waals surface area (Å²) in [6.07, 6.45) is 0. The van der Waals surface area contributed by atoms with Gasteiger partial charge in [-0.15, -0.1) is 21.5 Å². The van der Waals surface area contributed by atoms with Gasteiger partial charge in [0.2, 0.25) is 5.89 Å². The van der Waals surface area contributed by atoms with Crippen LogP contribution in [0.3, 0.4) is 0 Å². The molecule has 100 valence electrons. The predicted octanol–water partition coefficient (Wildman–Crippen LogP) is 3.82. The lowest BCUT2D eigenvalue weighted by Crippen LogP contribution is -1.98. The molecule has 0 aliphatic rings. The van der Waals surface area contributed by atoms with Crippen LogP contribution in [0.4, 0.5) is 0 Å². The molecule has 3 rings (SSSR count). The van der Waals surface area contributed by atoms with Crippen molar-refractivity contribution in [3.8, 4) is 22.2 Å². The van der Waals surface area contributed by atoms with Crippen molar-refractivity contribution in [3.63, 3.8) is 0 Å². The van der Waals surface area contributed by atoms with E-state index in [1.54, 1.807) is 30.3 Å². The van der Waals surface area contributed by atoms with Crippen LogP contribution in [-0.2, 0) is 0 Å². The molecular formula is C13H7ClN2O3S. The van der Waals surface area contributed by atoms with Crippen molar-refractivity contribution in [3.05, 3.63) is 46.3 Å². The molecule has 2 aromatic heterocycles. The summed E-state index contributed by atoms with van der Waals surface area (Å²) in [5, 5.41) is 17.0. The summed E-state index contributed by atoms with van der Waals surface area (Å²) in [4.78, 5) is 11.9. The average molecular weight is 307 g/mol. The van der Waals surface area contributed by atoms with E-state index in [0.717, 1.165) is 4.88 Å². The average Bonchev–Trinajstić information content (AvgIpc) is 3.07. The molecule has 0 atom stereocenters. The maximum atomic E-state index is 11.2. The van der Waals surface area contributed by atoms with Crippen LogP contribution in [0.15, 0.2) is 40.8 Å². The molecule has 0 radical (unpaired) electrons. The Morgan fingerprint density at radius 3 is 2.60 bits per heavy atom. The zero-order valence-corrected chi connectivity index (χ0v) is 11.5. The van der Waals surface area contributed by atoms with Gasteiger partial charge in [0, 0.05) is 0 Å². The first kappa shape index (κ1) is 12.8. The van der Waals surface area contributed by atoms with E-state index in [4.69, 9.17) is 21.1 Å². The molecular weight excluding hydrogens is 300 g/mol. The summed E-state index contributed by atoms with van der Waals surface area (Å²) in [6.45, 7) is 0. The lowest BCUT2D eigenvalue weighted by molar-refractivity contribution is 0.0697. The number of benzene rings is 1. The van der Waals surface area contributed by atoms with E-state index in [0.29, 0.717) is 15.8 Å². The van der Waals surface area contributed by atoms with E-state index >= 15 is 0 Å². The molecule has 5 nitrogen and oxygen atoms in total. The molecule has 0 unspecified atom stereocenters. The zero-order chi connectivity index (χ0) is 14.1. The molecule has 0 fully saturated rings. The highest BCUT2D eigenvalue weighted by Crippen LogP contribution is 2.32. The highest BCUT2D eigenvalue weighted by molar-refractivity contribution is 7.19. The van der Waals surface area contributed by atoms with Crippen molar-refractivity contribution in [1.82, 2.24) is 10.2 Å². The van der Waals surface area contributed by atoms with Gasteiger partial charge in [0.1, 0.15) is 0 Å². The van der Waals surface area contributed by atoms with Crippen LogP contribution < -0.4 is 0 Å². The van der Waals surface area contributed by atoms with Gasteiger partial charge >= 0.3 is 5.97 Å². The third kappa shape index (κ3) is 2.31. The maximum Gasteiger partial charge on any atom is 0.336 e. The molecule has 20 heavy (non-hydrogen) atoms. The van der Waals surface area contributed by atoms with Crippen LogP contribution >= 0.6 is 22.9 Å². The van der Waals surface area contributed by atoms with E-state index in [-0.39, 0.29) is 11.5 Å². The van der Waals surface area contributed by atoms with Gasteiger partial charge in [-0.1, -0.05) is 23.7 Å². The zero-order valence-electron chi connectivity index (χ0n) is 9.91. The summed E-state index contributed by atoms with van der Waals surface area (Å²) in [5.41, 5.74) is 0.508. The van der Waals surface area contributed by atoms with Crippen molar-refractivity contribution < 1.29 is 14.3 Å². The Morgan fingerprint density at radius 2 is 1.90 bits per heavy atom. The highest BCUT2D eigenvalue weighted by atomic mass is 35.5. The predicted molar refractivity (Wildman–Crippen MR) is 75.0 cm³/mol. The number of thiophene rings is 1. The van der Waals surface area contributed by atoms with E-state index in [9.17, 15) is 4.79 Å². The van der Waals surface area contributed by atoms with Crippen molar-refractivity contribution in [1.29, 1.82) is 0 Å². The Labute approximate surface area is 122 Å². The van der Waals surface area contributed by atoms with Crippen molar-refractivity contribution in [2.45, 2.75) is 0 Å². The molecule has 7 heteroatoms. The van der Waals surface area contributed by atoms with Crippen LogP contribution in [0, 0.1) is 0 Å². The number of hydrogen-bond donors (Lipinski definition) is 1. The van der Waals surface area contributed by atoms with Gasteiger partial charge in [0.15, 0.2) is 0 Å². The molecule has 1 aromatic carbocycles. The minimum Gasteiger partial charge on any atom is -0.478 e. The second-order valence-electron chi connectivity index (χ2n) is 3.87. The van der Waals surface area contributed by atoms with Crippen LogP contribution in [0.1, 0.15) is 10.4 Å². The molecule has 1 N–H and O–H groups in total. The topological polar surface area (TPSA) is 76.2 Å². The maximum absolute atomic E-state index is 11.2. The Morgan fingerprint density at radius 1 is 1.15 bits per heavy atom. The summed E-state index contributed by atoms with van der Waals surface area (Å²) >= 11 is 7.16. The lowest BCUT2D eigenvalue weighted by Gasteiger charge is -1.99. The van der Waals surface area contributed by atoms with Gasteiger partial charge in [-0.05, 0) is 24.3 Å². The number of carboxylic acid groups (broad SMARTS) is 1. The van der Waals surface area contributed by atoms with Crippen molar-refractivity contribution >= 4 is 28.9 Å². The Balaban J connectivity index is 2.05. The van der Waals surface area contributed by atoms with E-state index in [2.05, 4.69) is 10.2 Å². The van der Waals surface area contributed by atoms with Gasteiger partial charge in [-0.25, -0.2) is 4.79 Å². The van der Waals surface area contributed by atoms with Crippen LogP contribution in [0.2, 0.25) is 4.34 Å². The summed E-state index contributed by atoms with van der Waals surface area (Å²) in [7, 11) is 0. The standard InChI is InChI=1S/C13H7ClN2O3S/c14-10-6-5-9(20-10)12-16-15-11(19-12)7-3-1-2-4-8(7)13(17)18/h1-6H,(H,17,18). The number of carbonyl (C=O) groups is 1. The van der Waals surface area contributed by atoms with Gasteiger partial charge in [0.25, 0.3) is 5.89 Å². The van der Waals surface area contributed by atoms with Crippen molar-refractivity contribution in [2.75, 3.05) is 0 Å². The van der Waals surface area contributed by atoms with Crippen LogP contribution in [-0.4, -0.2) is 21.3 Å². The molecule has 2 heterocycles. The molecule has 3 aromatic rings. The third-order valence-corrected chi connectivity index (χ3v) is 3.82. The lowest BCUT2D eigenvalue weighted by atomic mass is 10.1. The number of hydrogen-bond acceptors (Lipinski definition) is 5. The molecule has 0 aliphatic carbocycles. The van der Waals surface area contributed by atoms with Gasteiger partial charge in [-0.2, -0.15) is 0 Å². The molecule has 0 saturated carbocycles. The van der Waals surface area contributed by atoms with Crippen LogP contribution in [0.5, 0.6) is 0 Å². The number of rotatable bonds is 3. The first-order chi connectivity index (χ1) is 9.65. The minimum absolute atomic E-state index is 0.118. The molecule has 0 amide bonds. The van der Waals surface area contributed by atoms with Crippen molar-refractivity contribution in [2.24, 2.45) is 0 Å². The largest absolute Gasteiger partial charge is 0.478 e. The number of carboxylic acids is 1. The third-order valence-electron chi connectivity index (χ3n) is 2.60. The first-order valence-electron chi connectivity index (χ1n) is 5.57. The second-order valence-corrected chi connectivity index (χ2v) is 5.58. The summed E-state index contributed by atoms with van der Waals surface area (Å²) in [6, 6.07) is 9.98. The van der Waals surface area contributed by atoms with E-state index in [1.807, 2.05) is 0 Å². The van der Waals surface area contributed by atoms with Gasteiger partial charge in [0.05, 0.1) is 20.3 Å². The normalized spacial score (nSPS) is 10.7. The van der Waals surface area contributed by atoms with E-state index in [1.165, 1.54) is 17.4 Å². The SMILES string of the molecule is O=C(O)c1ccccc1-c1nnc(-c2ccc(Cl)s2)o1. The van der Waals surface area contributed by atoms with Gasteiger partial charge < -0.3 is 9.52 Å². The van der Waals surface area contributed by atoms with E-state index < -0.39 is 5.97 Å². The fraction of sp³-hybridized carbons (Fsp3) is 0. The number of aromatic carboxylic acids is 1. The fourth-order valence-electron chi connectivity index (χ4n) is 1.72. The molecule has 0 saturated heterocycles. The highest BCUT2D eigenvalue weighted by Gasteiger charge is 2.17. The Bertz CT molecular complexity index is 781. The smallest absolute Gasteiger partial charge is 0.336 e. The second kappa shape index (κ2) is 5.07. The monoisotopic (exact) mass is 306 g/mol. The summed E-state index contributed by atoms with van der Waals surface area (Å²) < 4.78 is 6.14. The number of halogens is 1. The summed E-state index contributed by atoms with van der Waals surface area (Å²) in [5.74, 6) is -0.556. The Hall–Kier alpha value is -2.18. The number of aromatic nitrogens is 2. The minimum atomic E-state index is -1.04. The quantitative estimate of drug-likeness (QED) is 0.796. The molecule has 0 aliphatic heterocycles. The number of nitrogens with zero attached hydrogens (tertiary/aromatic N) is 2. The van der Waals surface area contributed by atoms with Gasteiger partial charge in [-0.3, -0.25) is 0 Å². The molecule has 0 spiro atoms. The fourth-order valence-corrected chi connectivity index (χ4v) is 2.68. The Kier molecular flexibility index (Phi) is 3.25.